The first-order chi connectivity index (χ1) is 10.5. The van der Waals surface area contributed by atoms with Crippen LogP contribution in [0.25, 0.3) is 5.65 Å². The number of carboxylic acid groups (broad SMARTS) is 1. The van der Waals surface area contributed by atoms with E-state index in [1.54, 1.807) is 18.3 Å². The Hall–Kier alpha value is -2.41. The number of amides is 1. The first-order valence-corrected chi connectivity index (χ1v) is 6.97. The SMILES string of the molecule is Cc1ccn2c(=O)c(C(=O)N3CCC(C(=O)O)C3)cnc2c1.Cl. The minimum atomic E-state index is -0.917. The van der Waals surface area contributed by atoms with Gasteiger partial charge in [0.25, 0.3) is 11.5 Å². The van der Waals surface area contributed by atoms with Crippen LogP contribution in [-0.2, 0) is 4.79 Å². The molecule has 0 aliphatic carbocycles. The Balaban J connectivity index is 0.00000192. The van der Waals surface area contributed by atoms with E-state index in [4.69, 9.17) is 5.11 Å². The Morgan fingerprint density at radius 3 is 2.78 bits per heavy atom. The van der Waals surface area contributed by atoms with Gasteiger partial charge in [0.05, 0.1) is 5.92 Å². The van der Waals surface area contributed by atoms with Crippen LogP contribution < -0.4 is 5.56 Å². The lowest BCUT2D eigenvalue weighted by Gasteiger charge is -2.15. The number of carbonyl (C=O) groups excluding carboxylic acids is 1. The highest BCUT2D eigenvalue weighted by molar-refractivity contribution is 5.94. The number of likely N-dealkylation sites (tertiary alicyclic amines) is 1. The number of aryl methyl sites for hydroxylation is 1. The quantitative estimate of drug-likeness (QED) is 0.881. The number of aromatic nitrogens is 2. The molecule has 1 N–H and O–H groups in total. The van der Waals surface area contributed by atoms with Crippen molar-refractivity contribution in [2.45, 2.75) is 13.3 Å². The number of halogens is 1. The van der Waals surface area contributed by atoms with Crippen LogP contribution in [-0.4, -0.2) is 44.4 Å². The fourth-order valence-electron chi connectivity index (χ4n) is 2.64. The average molecular weight is 338 g/mol. The maximum atomic E-state index is 12.4. The number of carboxylic acids is 1. The molecule has 0 aromatic carbocycles. The summed E-state index contributed by atoms with van der Waals surface area (Å²) >= 11 is 0. The third-order valence-corrected chi connectivity index (χ3v) is 3.92. The van der Waals surface area contributed by atoms with Gasteiger partial charge >= 0.3 is 5.97 Å². The molecule has 0 bridgehead atoms. The number of hydrogen-bond acceptors (Lipinski definition) is 4. The van der Waals surface area contributed by atoms with E-state index in [9.17, 15) is 14.4 Å². The molecule has 23 heavy (non-hydrogen) atoms. The molecular weight excluding hydrogens is 322 g/mol. The Morgan fingerprint density at radius 1 is 1.39 bits per heavy atom. The van der Waals surface area contributed by atoms with Crippen LogP contribution in [0.3, 0.4) is 0 Å². The molecule has 1 aliphatic heterocycles. The molecule has 0 spiro atoms. The normalized spacial score (nSPS) is 17.1. The zero-order valence-electron chi connectivity index (χ0n) is 12.4. The van der Waals surface area contributed by atoms with Crippen molar-refractivity contribution >= 4 is 29.9 Å². The van der Waals surface area contributed by atoms with Crippen molar-refractivity contribution in [2.24, 2.45) is 5.92 Å². The lowest BCUT2D eigenvalue weighted by Crippen LogP contribution is -2.35. The lowest BCUT2D eigenvalue weighted by atomic mass is 10.1. The predicted molar refractivity (Wildman–Crippen MR) is 85.1 cm³/mol. The highest BCUT2D eigenvalue weighted by Crippen LogP contribution is 2.18. The summed E-state index contributed by atoms with van der Waals surface area (Å²) < 4.78 is 1.32. The molecule has 1 fully saturated rings. The van der Waals surface area contributed by atoms with Crippen LogP contribution in [0, 0.1) is 12.8 Å². The van der Waals surface area contributed by atoms with Crippen molar-refractivity contribution in [3.05, 3.63) is 46.0 Å². The van der Waals surface area contributed by atoms with E-state index in [1.165, 1.54) is 15.5 Å². The molecule has 1 aliphatic rings. The maximum Gasteiger partial charge on any atom is 0.308 e. The molecule has 1 unspecified atom stereocenters. The summed E-state index contributed by atoms with van der Waals surface area (Å²) in [7, 11) is 0. The summed E-state index contributed by atoms with van der Waals surface area (Å²) in [6.45, 7) is 2.36. The third kappa shape index (κ3) is 3.05. The zero-order chi connectivity index (χ0) is 15.9. The largest absolute Gasteiger partial charge is 0.481 e. The summed E-state index contributed by atoms with van der Waals surface area (Å²) in [5.74, 6) is -1.95. The van der Waals surface area contributed by atoms with Gasteiger partial charge in [-0.25, -0.2) is 4.98 Å². The van der Waals surface area contributed by atoms with E-state index in [2.05, 4.69) is 4.98 Å². The number of pyridine rings is 1. The van der Waals surface area contributed by atoms with Gasteiger partial charge in [-0.2, -0.15) is 0 Å². The molecule has 0 radical (unpaired) electrons. The molecule has 1 saturated heterocycles. The van der Waals surface area contributed by atoms with Crippen molar-refractivity contribution in [1.29, 1.82) is 0 Å². The van der Waals surface area contributed by atoms with Gasteiger partial charge in [0.15, 0.2) is 0 Å². The number of hydrogen-bond donors (Lipinski definition) is 1. The van der Waals surface area contributed by atoms with Crippen molar-refractivity contribution in [3.8, 4) is 0 Å². The topological polar surface area (TPSA) is 92.0 Å². The van der Waals surface area contributed by atoms with Gasteiger partial charge in [-0.1, -0.05) is 0 Å². The second-order valence-electron chi connectivity index (χ2n) is 5.48. The van der Waals surface area contributed by atoms with Crippen molar-refractivity contribution < 1.29 is 14.7 Å². The van der Waals surface area contributed by atoms with Gasteiger partial charge in [0.1, 0.15) is 11.2 Å². The number of carbonyl (C=O) groups is 2. The van der Waals surface area contributed by atoms with Crippen LogP contribution in [0.15, 0.2) is 29.3 Å². The van der Waals surface area contributed by atoms with Crippen LogP contribution in [0.4, 0.5) is 0 Å². The second kappa shape index (κ2) is 6.37. The number of aliphatic carboxylic acids is 1. The van der Waals surface area contributed by atoms with E-state index in [0.29, 0.717) is 18.6 Å². The molecule has 122 valence electrons. The Labute approximate surface area is 138 Å². The summed E-state index contributed by atoms with van der Waals surface area (Å²) in [4.78, 5) is 41.4. The monoisotopic (exact) mass is 337 g/mol. The lowest BCUT2D eigenvalue weighted by molar-refractivity contribution is -0.141. The first kappa shape index (κ1) is 17.0. The number of rotatable bonds is 2. The average Bonchev–Trinajstić information content (AvgIpc) is 2.97. The van der Waals surface area contributed by atoms with Crippen molar-refractivity contribution in [2.75, 3.05) is 13.1 Å². The van der Waals surface area contributed by atoms with E-state index in [0.717, 1.165) is 5.56 Å². The fourth-order valence-corrected chi connectivity index (χ4v) is 2.64. The molecule has 3 heterocycles. The number of nitrogens with zero attached hydrogens (tertiary/aromatic N) is 3. The van der Waals surface area contributed by atoms with Crippen LogP contribution >= 0.6 is 12.4 Å². The summed E-state index contributed by atoms with van der Waals surface area (Å²) in [5, 5.41) is 8.99. The van der Waals surface area contributed by atoms with Crippen LogP contribution in [0.1, 0.15) is 22.3 Å². The van der Waals surface area contributed by atoms with Gasteiger partial charge in [0, 0.05) is 25.5 Å². The molecule has 8 heteroatoms. The molecule has 1 atom stereocenters. The first-order valence-electron chi connectivity index (χ1n) is 6.97. The van der Waals surface area contributed by atoms with Crippen LogP contribution in [0.2, 0.25) is 0 Å². The number of fused-ring (bicyclic) bond motifs is 1. The van der Waals surface area contributed by atoms with Gasteiger partial charge in [-0.05, 0) is 31.0 Å². The molecular formula is C15H16ClN3O4. The highest BCUT2D eigenvalue weighted by Gasteiger charge is 2.32. The Bertz CT molecular complexity index is 833. The highest BCUT2D eigenvalue weighted by atomic mass is 35.5. The molecule has 0 saturated carbocycles. The summed E-state index contributed by atoms with van der Waals surface area (Å²) in [5.41, 5.74) is 0.974. The van der Waals surface area contributed by atoms with Crippen LogP contribution in [0.5, 0.6) is 0 Å². The molecule has 1 amide bonds. The second-order valence-corrected chi connectivity index (χ2v) is 5.48. The molecule has 2 aromatic heterocycles. The van der Waals surface area contributed by atoms with Gasteiger partial charge in [0.2, 0.25) is 0 Å². The standard InChI is InChI=1S/C15H15N3O4.ClH/c1-9-2-5-18-12(6-9)16-7-11(14(18)20)13(19)17-4-3-10(8-17)15(21)22;/h2,5-7,10H,3-4,8H2,1H3,(H,21,22);1H. The minimum absolute atomic E-state index is 0. The predicted octanol–water partition coefficient (Wildman–Crippen LogP) is 0.971. The summed E-state index contributed by atoms with van der Waals surface area (Å²) in [6, 6.07) is 3.52. The van der Waals surface area contributed by atoms with E-state index >= 15 is 0 Å². The third-order valence-electron chi connectivity index (χ3n) is 3.92. The Morgan fingerprint density at radius 2 is 2.13 bits per heavy atom. The fraction of sp³-hybridized carbons (Fsp3) is 0.333. The van der Waals surface area contributed by atoms with Gasteiger partial charge in [-0.3, -0.25) is 18.8 Å². The molecule has 2 aromatic rings. The van der Waals surface area contributed by atoms with Gasteiger partial charge < -0.3 is 10.0 Å². The van der Waals surface area contributed by atoms with E-state index in [1.807, 2.05) is 6.92 Å². The van der Waals surface area contributed by atoms with Crippen molar-refractivity contribution in [3.63, 3.8) is 0 Å². The van der Waals surface area contributed by atoms with E-state index < -0.39 is 23.4 Å². The zero-order valence-corrected chi connectivity index (χ0v) is 13.2. The van der Waals surface area contributed by atoms with E-state index in [-0.39, 0.29) is 24.5 Å². The molecule has 3 rings (SSSR count). The van der Waals surface area contributed by atoms with Crippen molar-refractivity contribution in [1.82, 2.24) is 14.3 Å². The molecule has 7 nitrogen and oxygen atoms in total. The minimum Gasteiger partial charge on any atom is -0.481 e. The Kier molecular flexibility index (Phi) is 4.70. The van der Waals surface area contributed by atoms with Gasteiger partial charge in [-0.15, -0.1) is 12.4 Å². The summed E-state index contributed by atoms with van der Waals surface area (Å²) in [6.07, 6.45) is 3.26. The maximum absolute atomic E-state index is 12.4. The smallest absolute Gasteiger partial charge is 0.308 e.